The number of ether oxygens (including phenoxy) is 1. The van der Waals surface area contributed by atoms with Gasteiger partial charge in [0.15, 0.2) is 23.2 Å². The van der Waals surface area contributed by atoms with Crippen molar-refractivity contribution in [2.75, 3.05) is 6.61 Å². The summed E-state index contributed by atoms with van der Waals surface area (Å²) in [5.41, 5.74) is 1.68. The lowest BCUT2D eigenvalue weighted by Crippen LogP contribution is -2.13. The molecule has 5 heteroatoms. The second-order valence-electron chi connectivity index (χ2n) is 7.62. The van der Waals surface area contributed by atoms with Crippen LogP contribution in [-0.4, -0.2) is 6.61 Å². The van der Waals surface area contributed by atoms with Crippen molar-refractivity contribution in [2.45, 2.75) is 39.0 Å². The predicted octanol–water partition coefficient (Wildman–Crippen LogP) is 6.55. The first-order chi connectivity index (χ1) is 13.4. The SMILES string of the molecule is CCOc1ccc(C2=CCC3C2CCC3c2ccc(C)c(F)c2F)c(F)c1F. The number of fused-ring (bicyclic) bond motifs is 1. The van der Waals surface area contributed by atoms with Gasteiger partial charge in [-0.05, 0) is 79.7 Å². The van der Waals surface area contributed by atoms with Crippen LogP contribution in [0.3, 0.4) is 0 Å². The summed E-state index contributed by atoms with van der Waals surface area (Å²) in [4.78, 5) is 0. The summed E-state index contributed by atoms with van der Waals surface area (Å²) < 4.78 is 62.6. The van der Waals surface area contributed by atoms with Crippen molar-refractivity contribution < 1.29 is 22.3 Å². The normalized spacial score (nSPS) is 23.6. The zero-order valence-corrected chi connectivity index (χ0v) is 15.9. The fourth-order valence-electron chi connectivity index (χ4n) is 4.86. The molecule has 0 saturated heterocycles. The highest BCUT2D eigenvalue weighted by Gasteiger charge is 2.43. The minimum Gasteiger partial charge on any atom is -0.491 e. The van der Waals surface area contributed by atoms with Crippen LogP contribution in [0.5, 0.6) is 5.75 Å². The zero-order valence-electron chi connectivity index (χ0n) is 15.9. The van der Waals surface area contributed by atoms with Crippen LogP contribution in [0.1, 0.15) is 48.8 Å². The minimum atomic E-state index is -0.982. The van der Waals surface area contributed by atoms with E-state index in [1.165, 1.54) is 13.0 Å². The minimum absolute atomic E-state index is 0.0145. The van der Waals surface area contributed by atoms with Gasteiger partial charge in [-0.3, -0.25) is 0 Å². The Morgan fingerprint density at radius 1 is 0.893 bits per heavy atom. The van der Waals surface area contributed by atoms with Crippen LogP contribution >= 0.6 is 0 Å². The Morgan fingerprint density at radius 2 is 1.64 bits per heavy atom. The molecule has 0 N–H and O–H groups in total. The van der Waals surface area contributed by atoms with Crippen molar-refractivity contribution in [1.82, 2.24) is 0 Å². The van der Waals surface area contributed by atoms with E-state index in [9.17, 15) is 17.6 Å². The molecule has 0 radical (unpaired) electrons. The summed E-state index contributed by atoms with van der Waals surface area (Å²) in [5, 5.41) is 0. The van der Waals surface area contributed by atoms with Gasteiger partial charge in [-0.2, -0.15) is 4.39 Å². The van der Waals surface area contributed by atoms with Gasteiger partial charge in [0.25, 0.3) is 0 Å². The van der Waals surface area contributed by atoms with Crippen molar-refractivity contribution in [1.29, 1.82) is 0 Å². The van der Waals surface area contributed by atoms with Crippen molar-refractivity contribution in [3.05, 3.63) is 70.3 Å². The Hall–Kier alpha value is -2.30. The van der Waals surface area contributed by atoms with Crippen molar-refractivity contribution in [3.63, 3.8) is 0 Å². The van der Waals surface area contributed by atoms with Crippen LogP contribution in [0, 0.1) is 42.0 Å². The van der Waals surface area contributed by atoms with Gasteiger partial charge < -0.3 is 4.74 Å². The molecule has 2 aromatic carbocycles. The first-order valence-electron chi connectivity index (χ1n) is 9.69. The lowest BCUT2D eigenvalue weighted by atomic mass is 9.83. The molecule has 1 fully saturated rings. The Morgan fingerprint density at radius 3 is 2.39 bits per heavy atom. The molecule has 1 nitrogen and oxygen atoms in total. The molecule has 3 atom stereocenters. The highest BCUT2D eigenvalue weighted by molar-refractivity contribution is 5.71. The van der Waals surface area contributed by atoms with E-state index in [0.29, 0.717) is 18.4 Å². The van der Waals surface area contributed by atoms with Gasteiger partial charge in [0, 0.05) is 5.56 Å². The summed E-state index contributed by atoms with van der Waals surface area (Å²) >= 11 is 0. The van der Waals surface area contributed by atoms with E-state index in [-0.39, 0.29) is 41.2 Å². The average Bonchev–Trinajstić information content (AvgIpc) is 3.27. The third-order valence-electron chi connectivity index (χ3n) is 6.19. The molecule has 148 valence electrons. The molecule has 0 bridgehead atoms. The van der Waals surface area contributed by atoms with Crippen LogP contribution in [0.25, 0.3) is 5.57 Å². The number of aryl methyl sites for hydroxylation is 1. The van der Waals surface area contributed by atoms with Gasteiger partial charge in [0.05, 0.1) is 6.61 Å². The molecular weight excluding hydrogens is 368 g/mol. The molecule has 3 unspecified atom stereocenters. The summed E-state index contributed by atoms with van der Waals surface area (Å²) in [5.74, 6) is -3.60. The van der Waals surface area contributed by atoms with Crippen LogP contribution in [0.2, 0.25) is 0 Å². The van der Waals surface area contributed by atoms with E-state index in [1.54, 1.807) is 25.1 Å². The molecule has 2 aliphatic rings. The molecule has 2 aromatic rings. The van der Waals surface area contributed by atoms with Gasteiger partial charge in [0.1, 0.15) is 0 Å². The molecule has 0 aromatic heterocycles. The molecular formula is C23H22F4O. The smallest absolute Gasteiger partial charge is 0.201 e. The number of benzene rings is 2. The van der Waals surface area contributed by atoms with Crippen LogP contribution in [-0.2, 0) is 0 Å². The molecule has 28 heavy (non-hydrogen) atoms. The van der Waals surface area contributed by atoms with Crippen molar-refractivity contribution in [2.24, 2.45) is 11.8 Å². The maximum atomic E-state index is 14.7. The molecule has 4 rings (SSSR count). The second-order valence-corrected chi connectivity index (χ2v) is 7.62. The number of hydrogen-bond acceptors (Lipinski definition) is 1. The Balaban J connectivity index is 1.63. The number of hydrogen-bond donors (Lipinski definition) is 0. The predicted molar refractivity (Wildman–Crippen MR) is 100 cm³/mol. The van der Waals surface area contributed by atoms with E-state index >= 15 is 0 Å². The van der Waals surface area contributed by atoms with Gasteiger partial charge in [0.2, 0.25) is 5.82 Å². The highest BCUT2D eigenvalue weighted by Crippen LogP contribution is 2.55. The van der Waals surface area contributed by atoms with E-state index < -0.39 is 23.3 Å². The third-order valence-corrected chi connectivity index (χ3v) is 6.19. The number of halogens is 4. The molecule has 2 aliphatic carbocycles. The Bertz CT molecular complexity index is 950. The standard InChI is InChI=1S/C23H22F4O/c1-3-28-19-11-10-18(22(26)23(19)27)16-9-7-13-14(16)6-8-15(13)17-5-4-12(2)20(24)21(17)25/h4-5,9-11,13-15H,3,6-8H2,1-2H3. The second kappa shape index (κ2) is 7.26. The lowest BCUT2D eigenvalue weighted by molar-refractivity contribution is 0.313. The van der Waals surface area contributed by atoms with Gasteiger partial charge >= 0.3 is 0 Å². The lowest BCUT2D eigenvalue weighted by Gasteiger charge is -2.22. The third kappa shape index (κ3) is 2.92. The Labute approximate surface area is 162 Å². The molecule has 0 spiro atoms. The van der Waals surface area contributed by atoms with E-state index in [2.05, 4.69) is 0 Å². The Kier molecular flexibility index (Phi) is 4.94. The molecule has 0 aliphatic heterocycles. The zero-order chi connectivity index (χ0) is 20.0. The first-order valence-corrected chi connectivity index (χ1v) is 9.69. The van der Waals surface area contributed by atoms with Crippen molar-refractivity contribution in [3.8, 4) is 5.75 Å². The van der Waals surface area contributed by atoms with E-state index in [0.717, 1.165) is 12.0 Å². The van der Waals surface area contributed by atoms with Crippen LogP contribution in [0.15, 0.2) is 30.3 Å². The number of rotatable bonds is 4. The van der Waals surface area contributed by atoms with Crippen molar-refractivity contribution >= 4 is 5.57 Å². The van der Waals surface area contributed by atoms with Gasteiger partial charge in [-0.15, -0.1) is 0 Å². The van der Waals surface area contributed by atoms with E-state index in [1.807, 2.05) is 6.08 Å². The maximum Gasteiger partial charge on any atom is 0.201 e. The summed E-state index contributed by atoms with van der Waals surface area (Å²) in [6.07, 6.45) is 4.01. The van der Waals surface area contributed by atoms with Gasteiger partial charge in [-0.1, -0.05) is 18.2 Å². The topological polar surface area (TPSA) is 9.23 Å². The molecule has 1 saturated carbocycles. The summed E-state index contributed by atoms with van der Waals surface area (Å²) in [7, 11) is 0. The molecule has 0 amide bonds. The van der Waals surface area contributed by atoms with Crippen LogP contribution < -0.4 is 4.74 Å². The van der Waals surface area contributed by atoms with Crippen LogP contribution in [0.4, 0.5) is 17.6 Å². The average molecular weight is 390 g/mol. The first kappa shape index (κ1) is 19.0. The maximum absolute atomic E-state index is 14.7. The monoisotopic (exact) mass is 390 g/mol. The van der Waals surface area contributed by atoms with Gasteiger partial charge in [-0.25, -0.2) is 13.2 Å². The molecule has 0 heterocycles. The number of allylic oxidation sites excluding steroid dienone is 2. The summed E-state index contributed by atoms with van der Waals surface area (Å²) in [6.45, 7) is 3.50. The highest BCUT2D eigenvalue weighted by atomic mass is 19.2. The fraction of sp³-hybridized carbons (Fsp3) is 0.391. The quantitative estimate of drug-likeness (QED) is 0.538. The fourth-order valence-corrected chi connectivity index (χ4v) is 4.86. The summed E-state index contributed by atoms with van der Waals surface area (Å²) in [6, 6.07) is 6.27. The largest absolute Gasteiger partial charge is 0.491 e. The van der Waals surface area contributed by atoms with E-state index in [4.69, 9.17) is 4.74 Å².